The van der Waals surface area contributed by atoms with E-state index in [4.69, 9.17) is 21.2 Å². The summed E-state index contributed by atoms with van der Waals surface area (Å²) in [5.74, 6) is 3.06. The summed E-state index contributed by atoms with van der Waals surface area (Å²) >= 11 is 0. The Labute approximate surface area is 208 Å². The molecule has 0 amide bonds. The fourth-order valence-electron chi connectivity index (χ4n) is 4.54. The summed E-state index contributed by atoms with van der Waals surface area (Å²) in [5.41, 5.74) is 0.692. The lowest BCUT2D eigenvalue weighted by Crippen LogP contribution is -2.40. The molecule has 0 fully saturated rings. The topological polar surface area (TPSA) is 119 Å². The van der Waals surface area contributed by atoms with Crippen molar-refractivity contribution in [2.45, 2.75) is 52.2 Å². The molecule has 2 aromatic carbocycles. The van der Waals surface area contributed by atoms with Crippen LogP contribution in [0.15, 0.2) is 52.1 Å². The zero-order valence-electron chi connectivity index (χ0n) is 20.1. The summed E-state index contributed by atoms with van der Waals surface area (Å²) in [7, 11) is -4.13. The molecule has 0 saturated heterocycles. The molecule has 2 heterocycles. The average molecular weight is 509 g/mol. The van der Waals surface area contributed by atoms with Crippen LogP contribution in [0.4, 0.5) is 0 Å². The van der Waals surface area contributed by atoms with Crippen molar-refractivity contribution in [1.29, 1.82) is 0 Å². The lowest BCUT2D eigenvalue weighted by Gasteiger charge is -2.11. The Morgan fingerprint density at radius 3 is 2.44 bits per heavy atom. The van der Waals surface area contributed by atoms with E-state index < -0.39 is 18.8 Å². The van der Waals surface area contributed by atoms with Gasteiger partial charge >= 0.3 is 13.3 Å². The van der Waals surface area contributed by atoms with Gasteiger partial charge in [0, 0.05) is 25.7 Å². The number of benzene rings is 2. The van der Waals surface area contributed by atoms with E-state index in [2.05, 4.69) is 36.3 Å². The van der Waals surface area contributed by atoms with Crippen LogP contribution in [0.25, 0.3) is 21.9 Å². The summed E-state index contributed by atoms with van der Waals surface area (Å²) in [5, 5.41) is 2.32. The van der Waals surface area contributed by atoms with Gasteiger partial charge in [-0.1, -0.05) is 48.4 Å². The molecule has 4 rings (SSSR count). The number of aromatic nitrogens is 4. The maximum Gasteiger partial charge on any atom is 0.333 e. The zero-order chi connectivity index (χ0) is 25.9. The van der Waals surface area contributed by atoms with Gasteiger partial charge in [0.15, 0.2) is 11.2 Å². The fraction of sp³-hybridized carbons (Fsp3) is 0.346. The van der Waals surface area contributed by atoms with Crippen molar-refractivity contribution in [3.8, 4) is 12.3 Å². The monoisotopic (exact) mass is 508 g/mol. The molecular weight excluding hydrogens is 479 g/mol. The lowest BCUT2D eigenvalue weighted by atomic mass is 10.0. The Morgan fingerprint density at radius 2 is 1.75 bits per heavy atom. The van der Waals surface area contributed by atoms with Gasteiger partial charge in [-0.25, -0.2) is 14.3 Å². The van der Waals surface area contributed by atoms with Crippen LogP contribution < -0.4 is 11.2 Å². The zero-order valence-corrected chi connectivity index (χ0v) is 21.0. The predicted octanol–water partition coefficient (Wildman–Crippen LogP) is 2.91. The number of aryl methyl sites for hydroxylation is 4. The molecule has 188 valence electrons. The number of hydrogen-bond donors (Lipinski definition) is 2. The van der Waals surface area contributed by atoms with E-state index in [1.54, 1.807) is 0 Å². The number of fused-ring (bicyclic) bond motifs is 2. The molecule has 0 atom stereocenters. The fourth-order valence-corrected chi connectivity index (χ4v) is 5.17. The highest BCUT2D eigenvalue weighted by molar-refractivity contribution is 7.51. The number of terminal acetylenes is 1. The van der Waals surface area contributed by atoms with Gasteiger partial charge in [0.05, 0.1) is 6.54 Å². The molecule has 0 aliphatic rings. The summed E-state index contributed by atoms with van der Waals surface area (Å²) < 4.78 is 15.4. The van der Waals surface area contributed by atoms with Crippen LogP contribution >= 0.6 is 7.60 Å². The first-order valence-electron chi connectivity index (χ1n) is 11.9. The third-order valence-corrected chi connectivity index (χ3v) is 7.19. The van der Waals surface area contributed by atoms with Crippen molar-refractivity contribution in [3.63, 3.8) is 0 Å². The molecule has 2 N–H and O–H groups in total. The minimum Gasteiger partial charge on any atom is -0.324 e. The first-order chi connectivity index (χ1) is 17.2. The summed E-state index contributed by atoms with van der Waals surface area (Å²) in [6, 6.07) is 14.5. The third-order valence-electron chi connectivity index (χ3n) is 6.29. The molecule has 36 heavy (non-hydrogen) atoms. The Morgan fingerprint density at radius 1 is 1.00 bits per heavy atom. The Kier molecular flexibility index (Phi) is 7.60. The van der Waals surface area contributed by atoms with Gasteiger partial charge in [-0.2, -0.15) is 0 Å². The van der Waals surface area contributed by atoms with Gasteiger partial charge in [-0.05, 0) is 42.5 Å². The molecule has 2 aromatic heterocycles. The van der Waals surface area contributed by atoms with Gasteiger partial charge in [0.1, 0.15) is 5.82 Å². The van der Waals surface area contributed by atoms with Crippen molar-refractivity contribution >= 4 is 29.5 Å². The number of unbranched alkanes of at least 4 members (excludes halogenated alkanes) is 1. The summed E-state index contributed by atoms with van der Waals surface area (Å²) in [6.45, 7) is 2.41. The molecule has 0 aliphatic carbocycles. The Hall–Kier alpha value is -3.44. The summed E-state index contributed by atoms with van der Waals surface area (Å²) in [4.78, 5) is 49.4. The van der Waals surface area contributed by atoms with Crippen molar-refractivity contribution in [3.05, 3.63) is 74.7 Å². The van der Waals surface area contributed by atoms with Crippen LogP contribution in [0.3, 0.4) is 0 Å². The second kappa shape index (κ2) is 10.7. The minimum atomic E-state index is -4.13. The van der Waals surface area contributed by atoms with Crippen LogP contribution in [0.5, 0.6) is 0 Å². The third kappa shape index (κ3) is 5.36. The smallest absolute Gasteiger partial charge is 0.324 e. The van der Waals surface area contributed by atoms with Crippen LogP contribution in [0, 0.1) is 12.3 Å². The maximum atomic E-state index is 13.3. The normalized spacial score (nSPS) is 11.8. The van der Waals surface area contributed by atoms with E-state index in [0.717, 1.165) is 15.5 Å². The maximum absolute atomic E-state index is 13.3. The van der Waals surface area contributed by atoms with Crippen LogP contribution in [0.1, 0.15) is 31.2 Å². The number of nitrogens with zero attached hydrogens (tertiary/aromatic N) is 4. The molecular formula is C26H29N4O5P. The quantitative estimate of drug-likeness (QED) is 0.193. The largest absolute Gasteiger partial charge is 0.333 e. The second-order valence-electron chi connectivity index (χ2n) is 8.75. The van der Waals surface area contributed by atoms with E-state index >= 15 is 0 Å². The highest BCUT2D eigenvalue weighted by Gasteiger charge is 2.21. The minimum absolute atomic E-state index is 0.169. The molecule has 0 spiro atoms. The number of hydrogen-bond acceptors (Lipinski definition) is 4. The highest BCUT2D eigenvalue weighted by Crippen LogP contribution is 2.35. The molecule has 0 bridgehead atoms. The highest BCUT2D eigenvalue weighted by atomic mass is 31.2. The van der Waals surface area contributed by atoms with E-state index in [1.165, 1.54) is 9.95 Å². The Balaban J connectivity index is 1.72. The van der Waals surface area contributed by atoms with Crippen molar-refractivity contribution < 1.29 is 14.4 Å². The van der Waals surface area contributed by atoms with E-state index in [0.29, 0.717) is 37.1 Å². The number of rotatable bonds is 10. The van der Waals surface area contributed by atoms with Gasteiger partial charge in [-0.15, -0.1) is 6.42 Å². The summed E-state index contributed by atoms with van der Waals surface area (Å²) in [6.07, 6.45) is 7.01. The molecule has 4 aromatic rings. The van der Waals surface area contributed by atoms with Gasteiger partial charge < -0.3 is 14.4 Å². The van der Waals surface area contributed by atoms with Crippen molar-refractivity contribution in [2.24, 2.45) is 0 Å². The second-order valence-corrected chi connectivity index (χ2v) is 10.5. The lowest BCUT2D eigenvalue weighted by molar-refractivity contribution is 0.370. The SMILES string of the molecule is C#CCn1c(=O)c2c(nc(CCc3ccc4ccccc4c3)n2CC)n(CCCCP(=O)(O)O)c1=O. The van der Waals surface area contributed by atoms with Crippen LogP contribution in [-0.4, -0.2) is 34.6 Å². The first kappa shape index (κ1) is 25.6. The molecule has 0 aliphatic heterocycles. The standard InChI is InChI=1S/C26H29N4O5P/c1-3-15-30-25(31)23-24(29(26(30)32)16-7-8-17-36(33,34)35)27-22(28(23)4-2)14-12-19-11-13-20-9-5-6-10-21(20)18-19/h1,5-6,9-11,13,18H,4,7-8,12,14-17H2,2H3,(H2,33,34,35). The number of imidazole rings is 1. The predicted molar refractivity (Wildman–Crippen MR) is 140 cm³/mol. The van der Waals surface area contributed by atoms with Gasteiger partial charge in [0.2, 0.25) is 0 Å². The van der Waals surface area contributed by atoms with Crippen LogP contribution in [0.2, 0.25) is 0 Å². The molecule has 0 radical (unpaired) electrons. The van der Waals surface area contributed by atoms with Gasteiger partial charge in [-0.3, -0.25) is 13.9 Å². The molecule has 10 heteroatoms. The van der Waals surface area contributed by atoms with Crippen LogP contribution in [-0.2, 0) is 37.0 Å². The van der Waals surface area contributed by atoms with Crippen molar-refractivity contribution in [2.75, 3.05) is 6.16 Å². The Bertz CT molecular complexity index is 1620. The van der Waals surface area contributed by atoms with E-state index in [-0.39, 0.29) is 31.3 Å². The van der Waals surface area contributed by atoms with E-state index in [9.17, 15) is 14.2 Å². The first-order valence-corrected chi connectivity index (χ1v) is 13.7. The molecule has 9 nitrogen and oxygen atoms in total. The molecule has 0 saturated carbocycles. The van der Waals surface area contributed by atoms with Crippen molar-refractivity contribution in [1.82, 2.24) is 18.7 Å². The van der Waals surface area contributed by atoms with Gasteiger partial charge in [0.25, 0.3) is 5.56 Å². The average Bonchev–Trinajstić information content (AvgIpc) is 3.22. The van der Waals surface area contributed by atoms with E-state index in [1.807, 2.05) is 23.6 Å². The molecule has 0 unspecified atom stereocenters.